The van der Waals surface area contributed by atoms with Gasteiger partial charge in [-0.15, -0.1) is 22.7 Å². The minimum absolute atomic E-state index is 0.136. The predicted molar refractivity (Wildman–Crippen MR) is 105 cm³/mol. The maximum absolute atomic E-state index is 12.9. The van der Waals surface area contributed by atoms with E-state index >= 15 is 0 Å². The Kier molecular flexibility index (Phi) is 4.45. The van der Waals surface area contributed by atoms with E-state index < -0.39 is 11.6 Å². The molecule has 1 atom stereocenters. The summed E-state index contributed by atoms with van der Waals surface area (Å²) in [5, 5.41) is 7.36. The average Bonchev–Trinajstić information content (AvgIpc) is 3.40. The van der Waals surface area contributed by atoms with E-state index in [-0.39, 0.29) is 12.5 Å². The Bertz CT molecular complexity index is 999. The molecule has 0 saturated carbocycles. The third-order valence-electron chi connectivity index (χ3n) is 4.50. The number of benzene rings is 1. The molecule has 138 valence electrons. The number of carbonyl (C=O) groups excluding carboxylic acids is 2. The first kappa shape index (κ1) is 17.7. The second-order valence-corrected chi connectivity index (χ2v) is 8.07. The molecule has 8 heteroatoms. The van der Waals surface area contributed by atoms with Gasteiger partial charge in [0.25, 0.3) is 5.91 Å². The first-order valence-corrected chi connectivity index (χ1v) is 10.0. The summed E-state index contributed by atoms with van der Waals surface area (Å²) in [5.74, 6) is 0.473. The van der Waals surface area contributed by atoms with E-state index in [0.717, 1.165) is 21.2 Å². The summed E-state index contributed by atoms with van der Waals surface area (Å²) in [6.45, 7) is 1.87. The van der Waals surface area contributed by atoms with Gasteiger partial charge in [0, 0.05) is 10.3 Å². The first-order valence-electron chi connectivity index (χ1n) is 8.29. The topological polar surface area (TPSA) is 71.5 Å². The third kappa shape index (κ3) is 3.00. The van der Waals surface area contributed by atoms with Crippen molar-refractivity contribution in [1.29, 1.82) is 0 Å². The van der Waals surface area contributed by atoms with E-state index in [1.807, 2.05) is 47.2 Å². The molecule has 3 amide bonds. The molecule has 4 rings (SSSR count). The standard InChI is InChI=1S/C19H17N3O3S2/c1-19(15-8-5-9-26-15)17(23)22(18(24)21-19)10-12-11-27-16(20-12)13-6-3-4-7-14(13)25-2/h3-9,11H,10H2,1-2H3,(H,21,24). The van der Waals surface area contributed by atoms with Gasteiger partial charge in [0.15, 0.2) is 5.54 Å². The van der Waals surface area contributed by atoms with Crippen molar-refractivity contribution >= 4 is 34.6 Å². The SMILES string of the molecule is COc1ccccc1-c1nc(CN2C(=O)NC(C)(c3cccs3)C2=O)cs1. The van der Waals surface area contributed by atoms with Gasteiger partial charge in [-0.25, -0.2) is 9.78 Å². The lowest BCUT2D eigenvalue weighted by Crippen LogP contribution is -2.40. The van der Waals surface area contributed by atoms with Crippen molar-refractivity contribution < 1.29 is 14.3 Å². The van der Waals surface area contributed by atoms with Crippen LogP contribution in [0.1, 0.15) is 17.5 Å². The quantitative estimate of drug-likeness (QED) is 0.662. The number of nitrogens with one attached hydrogen (secondary N) is 1. The summed E-state index contributed by atoms with van der Waals surface area (Å²) in [5.41, 5.74) is 0.531. The Morgan fingerprint density at radius 2 is 2.00 bits per heavy atom. The van der Waals surface area contributed by atoms with Crippen LogP contribution in [0.4, 0.5) is 4.79 Å². The van der Waals surface area contributed by atoms with Crippen molar-refractivity contribution in [2.24, 2.45) is 0 Å². The fourth-order valence-electron chi connectivity index (χ4n) is 3.06. The van der Waals surface area contributed by atoms with E-state index in [0.29, 0.717) is 5.69 Å². The molecule has 1 saturated heterocycles. The molecule has 1 aromatic carbocycles. The van der Waals surface area contributed by atoms with Gasteiger partial charge in [0.2, 0.25) is 0 Å². The zero-order valence-electron chi connectivity index (χ0n) is 14.8. The lowest BCUT2D eigenvalue weighted by Gasteiger charge is -2.19. The molecular formula is C19H17N3O3S2. The van der Waals surface area contributed by atoms with Crippen molar-refractivity contribution in [3.05, 3.63) is 57.7 Å². The lowest BCUT2D eigenvalue weighted by molar-refractivity contribution is -0.131. The Morgan fingerprint density at radius 1 is 1.19 bits per heavy atom. The molecule has 1 N–H and O–H groups in total. The highest BCUT2D eigenvalue weighted by Crippen LogP contribution is 2.34. The molecule has 27 heavy (non-hydrogen) atoms. The monoisotopic (exact) mass is 399 g/mol. The smallest absolute Gasteiger partial charge is 0.325 e. The van der Waals surface area contributed by atoms with E-state index in [1.165, 1.54) is 27.6 Å². The number of aromatic nitrogens is 1. The molecule has 0 spiro atoms. The normalized spacial score (nSPS) is 19.4. The summed E-state index contributed by atoms with van der Waals surface area (Å²) in [7, 11) is 1.62. The molecular weight excluding hydrogens is 382 g/mol. The zero-order chi connectivity index (χ0) is 19.0. The molecule has 3 aromatic rings. The highest BCUT2D eigenvalue weighted by Gasteiger charge is 2.49. The second-order valence-electron chi connectivity index (χ2n) is 6.27. The van der Waals surface area contributed by atoms with E-state index in [9.17, 15) is 9.59 Å². The minimum atomic E-state index is -1.02. The van der Waals surface area contributed by atoms with Crippen molar-refractivity contribution in [3.63, 3.8) is 0 Å². The molecule has 6 nitrogen and oxygen atoms in total. The van der Waals surface area contributed by atoms with Crippen LogP contribution < -0.4 is 10.1 Å². The van der Waals surface area contributed by atoms with Gasteiger partial charge in [-0.05, 0) is 30.5 Å². The van der Waals surface area contributed by atoms with Crippen LogP contribution >= 0.6 is 22.7 Å². The lowest BCUT2D eigenvalue weighted by atomic mass is 10.0. The van der Waals surface area contributed by atoms with Gasteiger partial charge in [0.1, 0.15) is 10.8 Å². The molecule has 0 radical (unpaired) electrons. The number of imide groups is 1. The predicted octanol–water partition coefficient (Wildman–Crippen LogP) is 3.85. The Balaban J connectivity index is 1.58. The van der Waals surface area contributed by atoms with E-state index in [4.69, 9.17) is 4.74 Å². The molecule has 1 aliphatic heterocycles. The van der Waals surface area contributed by atoms with Crippen LogP contribution in [0.25, 0.3) is 10.6 Å². The summed E-state index contributed by atoms with van der Waals surface area (Å²) in [4.78, 5) is 32.0. The number of urea groups is 1. The van der Waals surface area contributed by atoms with Crippen LogP contribution in [-0.4, -0.2) is 28.9 Å². The fraction of sp³-hybridized carbons (Fsp3) is 0.211. The van der Waals surface area contributed by atoms with Crippen molar-refractivity contribution in [2.75, 3.05) is 7.11 Å². The number of carbonyl (C=O) groups is 2. The number of hydrogen-bond donors (Lipinski definition) is 1. The van der Waals surface area contributed by atoms with Gasteiger partial charge >= 0.3 is 6.03 Å². The van der Waals surface area contributed by atoms with Gasteiger partial charge in [0.05, 0.1) is 24.9 Å². The second kappa shape index (κ2) is 6.79. The summed E-state index contributed by atoms with van der Waals surface area (Å²) < 4.78 is 5.38. The van der Waals surface area contributed by atoms with Crippen LogP contribution in [0.15, 0.2) is 47.2 Å². The van der Waals surface area contributed by atoms with Crippen LogP contribution in [0, 0.1) is 0 Å². The molecule has 2 aromatic heterocycles. The highest BCUT2D eigenvalue weighted by atomic mass is 32.1. The average molecular weight is 399 g/mol. The van der Waals surface area contributed by atoms with E-state index in [2.05, 4.69) is 10.3 Å². The molecule has 1 unspecified atom stereocenters. The largest absolute Gasteiger partial charge is 0.496 e. The maximum Gasteiger partial charge on any atom is 0.325 e. The number of methoxy groups -OCH3 is 1. The molecule has 1 aliphatic rings. The fourth-order valence-corrected chi connectivity index (χ4v) is 4.73. The number of amides is 3. The van der Waals surface area contributed by atoms with Crippen molar-refractivity contribution in [2.45, 2.75) is 19.0 Å². The number of thiazole rings is 1. The maximum atomic E-state index is 12.9. The number of hydrogen-bond acceptors (Lipinski definition) is 6. The summed E-state index contributed by atoms with van der Waals surface area (Å²) in [6.07, 6.45) is 0. The summed E-state index contributed by atoms with van der Waals surface area (Å²) >= 11 is 2.91. The molecule has 3 heterocycles. The number of ether oxygens (including phenoxy) is 1. The number of thiophene rings is 1. The number of nitrogens with zero attached hydrogens (tertiary/aromatic N) is 2. The van der Waals surface area contributed by atoms with Crippen LogP contribution in [0.3, 0.4) is 0 Å². The Hall–Kier alpha value is -2.71. The van der Waals surface area contributed by atoms with Gasteiger partial charge < -0.3 is 10.1 Å². The van der Waals surface area contributed by atoms with Gasteiger partial charge in [-0.3, -0.25) is 9.69 Å². The Labute approximate surface area is 164 Å². The Morgan fingerprint density at radius 3 is 2.74 bits per heavy atom. The van der Waals surface area contributed by atoms with Crippen LogP contribution in [0.5, 0.6) is 5.75 Å². The van der Waals surface area contributed by atoms with Crippen LogP contribution in [0.2, 0.25) is 0 Å². The number of rotatable bonds is 5. The van der Waals surface area contributed by atoms with Gasteiger partial charge in [-0.2, -0.15) is 0 Å². The molecule has 0 bridgehead atoms. The van der Waals surface area contributed by atoms with Crippen molar-refractivity contribution in [3.8, 4) is 16.3 Å². The number of para-hydroxylation sites is 1. The molecule has 0 aliphatic carbocycles. The summed E-state index contributed by atoms with van der Waals surface area (Å²) in [6, 6.07) is 11.0. The zero-order valence-corrected chi connectivity index (χ0v) is 16.4. The molecule has 1 fully saturated rings. The minimum Gasteiger partial charge on any atom is -0.496 e. The highest BCUT2D eigenvalue weighted by molar-refractivity contribution is 7.13. The first-order chi connectivity index (χ1) is 13.0. The van der Waals surface area contributed by atoms with E-state index in [1.54, 1.807) is 14.0 Å². The van der Waals surface area contributed by atoms with Crippen molar-refractivity contribution in [1.82, 2.24) is 15.2 Å². The van der Waals surface area contributed by atoms with Crippen LogP contribution in [-0.2, 0) is 16.9 Å². The third-order valence-corrected chi connectivity index (χ3v) is 6.51. The van der Waals surface area contributed by atoms with Gasteiger partial charge in [-0.1, -0.05) is 18.2 Å².